The van der Waals surface area contributed by atoms with E-state index in [0.717, 1.165) is 0 Å². The Bertz CT molecular complexity index is 583. The number of aromatic nitrogens is 1. The summed E-state index contributed by atoms with van der Waals surface area (Å²) < 4.78 is 60.5. The van der Waals surface area contributed by atoms with E-state index in [2.05, 4.69) is 4.98 Å². The molecule has 0 aliphatic carbocycles. The van der Waals surface area contributed by atoms with Crippen molar-refractivity contribution in [3.63, 3.8) is 0 Å². The fourth-order valence-corrected chi connectivity index (χ4v) is 2.40. The van der Waals surface area contributed by atoms with Crippen LogP contribution in [0.3, 0.4) is 0 Å². The van der Waals surface area contributed by atoms with Crippen LogP contribution in [0.2, 0.25) is 0 Å². The minimum atomic E-state index is -4.75. The zero-order chi connectivity index (χ0) is 14.1. The van der Waals surface area contributed by atoms with Crippen molar-refractivity contribution in [1.82, 2.24) is 4.98 Å². The van der Waals surface area contributed by atoms with Gasteiger partial charge in [0.2, 0.25) is 0 Å². The summed E-state index contributed by atoms with van der Waals surface area (Å²) >= 11 is 5.09. The molecule has 1 rings (SSSR count). The van der Waals surface area contributed by atoms with Crippen molar-refractivity contribution in [2.24, 2.45) is 0 Å². The van der Waals surface area contributed by atoms with Crippen molar-refractivity contribution in [3.05, 3.63) is 23.5 Å². The van der Waals surface area contributed by atoms with Crippen LogP contribution in [0.5, 0.6) is 0 Å². The molecule has 1 aromatic heterocycles. The van der Waals surface area contributed by atoms with Gasteiger partial charge in [0.1, 0.15) is 5.69 Å². The van der Waals surface area contributed by atoms with E-state index >= 15 is 0 Å². The highest BCUT2D eigenvalue weighted by molar-refractivity contribution is 7.91. The van der Waals surface area contributed by atoms with Crippen LogP contribution >= 0.6 is 11.6 Å². The molecule has 0 saturated heterocycles. The molecule has 0 amide bonds. The van der Waals surface area contributed by atoms with Crippen molar-refractivity contribution < 1.29 is 26.4 Å². The summed E-state index contributed by atoms with van der Waals surface area (Å²) in [5, 5.41) is -1.23. The third-order valence-corrected chi connectivity index (χ3v) is 4.00. The molecule has 0 bridgehead atoms. The summed E-state index contributed by atoms with van der Waals surface area (Å²) in [7, 11) is -4.02. The standard InChI is InChI=1S/C9H7ClF3NO3S/c1-2-18(16,17)6-3-5(9(11,12)13)4-14-7(6)8(10)15/h3-4H,2H2,1H3. The number of carbonyl (C=O) groups excluding carboxylic acids is 1. The van der Waals surface area contributed by atoms with Gasteiger partial charge in [-0.05, 0) is 17.7 Å². The molecule has 0 N–H and O–H groups in total. The maximum absolute atomic E-state index is 12.4. The zero-order valence-electron chi connectivity index (χ0n) is 8.95. The van der Waals surface area contributed by atoms with Crippen LogP contribution in [0, 0.1) is 0 Å². The smallest absolute Gasteiger partial charge is 0.274 e. The van der Waals surface area contributed by atoms with Crippen LogP contribution in [0.4, 0.5) is 13.2 Å². The number of alkyl halides is 3. The SMILES string of the molecule is CCS(=O)(=O)c1cc(C(F)(F)F)cnc1C(=O)Cl. The number of rotatable bonds is 3. The maximum Gasteiger partial charge on any atom is 0.417 e. The number of nitrogens with zero attached hydrogens (tertiary/aromatic N) is 1. The Morgan fingerprint density at radius 2 is 2.00 bits per heavy atom. The number of hydrogen-bond donors (Lipinski definition) is 0. The molecule has 100 valence electrons. The van der Waals surface area contributed by atoms with E-state index in [0.29, 0.717) is 12.3 Å². The first kappa shape index (κ1) is 14.9. The van der Waals surface area contributed by atoms with Gasteiger partial charge >= 0.3 is 6.18 Å². The molecule has 0 atom stereocenters. The maximum atomic E-state index is 12.4. The lowest BCUT2D eigenvalue weighted by atomic mass is 10.2. The van der Waals surface area contributed by atoms with Crippen LogP contribution in [-0.4, -0.2) is 24.4 Å². The monoisotopic (exact) mass is 301 g/mol. The molecule has 1 heterocycles. The van der Waals surface area contributed by atoms with Gasteiger partial charge in [-0.3, -0.25) is 4.79 Å². The number of sulfone groups is 1. The molecular weight excluding hydrogens is 295 g/mol. The predicted octanol–water partition coefficient (Wildman–Crippen LogP) is 2.27. The topological polar surface area (TPSA) is 64.1 Å². The fourth-order valence-electron chi connectivity index (χ4n) is 1.14. The third kappa shape index (κ3) is 2.99. The summed E-state index contributed by atoms with van der Waals surface area (Å²) in [4.78, 5) is 13.3. The first-order chi connectivity index (χ1) is 8.09. The molecular formula is C9H7ClF3NO3S. The summed E-state index contributed by atoms with van der Waals surface area (Å²) in [6, 6.07) is 0.363. The molecule has 0 aromatic carbocycles. The van der Waals surface area contributed by atoms with E-state index < -0.39 is 43.2 Å². The summed E-state index contributed by atoms with van der Waals surface area (Å²) in [6.45, 7) is 1.23. The van der Waals surface area contributed by atoms with E-state index in [-0.39, 0.29) is 0 Å². The van der Waals surface area contributed by atoms with Gasteiger partial charge < -0.3 is 0 Å². The Hall–Kier alpha value is -1.15. The van der Waals surface area contributed by atoms with Crippen molar-refractivity contribution >= 4 is 26.7 Å². The highest BCUT2D eigenvalue weighted by Crippen LogP contribution is 2.31. The third-order valence-electron chi connectivity index (χ3n) is 2.08. The second kappa shape index (κ2) is 4.85. The number of pyridine rings is 1. The Morgan fingerprint density at radius 1 is 1.44 bits per heavy atom. The lowest BCUT2D eigenvalue weighted by Gasteiger charge is -2.10. The van der Waals surface area contributed by atoms with Gasteiger partial charge in [-0.25, -0.2) is 13.4 Å². The zero-order valence-corrected chi connectivity index (χ0v) is 10.5. The molecule has 0 radical (unpaired) electrons. The van der Waals surface area contributed by atoms with Gasteiger partial charge in [0.15, 0.2) is 9.84 Å². The summed E-state index contributed by atoms with van der Waals surface area (Å²) in [5.41, 5.74) is -1.96. The molecule has 0 fully saturated rings. The molecule has 0 aliphatic rings. The van der Waals surface area contributed by atoms with Gasteiger partial charge in [0.25, 0.3) is 5.24 Å². The molecule has 18 heavy (non-hydrogen) atoms. The van der Waals surface area contributed by atoms with Crippen LogP contribution in [0.1, 0.15) is 23.0 Å². The normalized spacial score (nSPS) is 12.5. The Labute approximate surface area is 106 Å². The predicted molar refractivity (Wildman–Crippen MR) is 57.1 cm³/mol. The first-order valence-electron chi connectivity index (χ1n) is 4.59. The van der Waals surface area contributed by atoms with Crippen LogP contribution in [0.15, 0.2) is 17.2 Å². The number of carbonyl (C=O) groups is 1. The quantitative estimate of drug-likeness (QED) is 0.803. The van der Waals surface area contributed by atoms with E-state index in [4.69, 9.17) is 11.6 Å². The van der Waals surface area contributed by atoms with E-state index in [1.807, 2.05) is 0 Å². The highest BCUT2D eigenvalue weighted by Gasteiger charge is 2.34. The minimum absolute atomic E-state index is 0.363. The second-order valence-electron chi connectivity index (χ2n) is 3.25. The molecule has 9 heteroatoms. The molecule has 0 spiro atoms. The van der Waals surface area contributed by atoms with Crippen LogP contribution < -0.4 is 0 Å². The van der Waals surface area contributed by atoms with Gasteiger partial charge in [0, 0.05) is 6.20 Å². The van der Waals surface area contributed by atoms with Crippen molar-refractivity contribution in [2.75, 3.05) is 5.75 Å². The van der Waals surface area contributed by atoms with Crippen LogP contribution in [-0.2, 0) is 16.0 Å². The van der Waals surface area contributed by atoms with Crippen molar-refractivity contribution in [3.8, 4) is 0 Å². The van der Waals surface area contributed by atoms with Gasteiger partial charge in [-0.15, -0.1) is 0 Å². The Kier molecular flexibility index (Phi) is 4.02. The average Bonchev–Trinajstić information content (AvgIpc) is 2.27. The van der Waals surface area contributed by atoms with Crippen molar-refractivity contribution in [1.29, 1.82) is 0 Å². The molecule has 1 aromatic rings. The van der Waals surface area contributed by atoms with E-state index in [1.165, 1.54) is 6.92 Å². The second-order valence-corrected chi connectivity index (χ2v) is 5.84. The van der Waals surface area contributed by atoms with Gasteiger partial charge in [0.05, 0.1) is 16.2 Å². The van der Waals surface area contributed by atoms with Gasteiger partial charge in [-0.2, -0.15) is 13.2 Å². The molecule has 4 nitrogen and oxygen atoms in total. The minimum Gasteiger partial charge on any atom is -0.274 e. The summed E-state index contributed by atoms with van der Waals surface area (Å²) in [5.74, 6) is -0.465. The Balaban J connectivity index is 3.59. The van der Waals surface area contributed by atoms with Gasteiger partial charge in [-0.1, -0.05) is 6.92 Å². The van der Waals surface area contributed by atoms with E-state index in [1.54, 1.807) is 0 Å². The lowest BCUT2D eigenvalue weighted by molar-refractivity contribution is -0.138. The largest absolute Gasteiger partial charge is 0.417 e. The molecule has 0 saturated carbocycles. The number of hydrogen-bond acceptors (Lipinski definition) is 4. The average molecular weight is 302 g/mol. The highest BCUT2D eigenvalue weighted by atomic mass is 35.5. The van der Waals surface area contributed by atoms with Crippen molar-refractivity contribution in [2.45, 2.75) is 18.0 Å². The van der Waals surface area contributed by atoms with E-state index in [9.17, 15) is 26.4 Å². The molecule has 0 unspecified atom stereocenters. The molecule has 0 aliphatic heterocycles. The number of halogens is 4. The Morgan fingerprint density at radius 3 is 2.39 bits per heavy atom. The fraction of sp³-hybridized carbons (Fsp3) is 0.333. The first-order valence-corrected chi connectivity index (χ1v) is 6.62. The summed E-state index contributed by atoms with van der Waals surface area (Å²) in [6.07, 6.45) is -4.39. The lowest BCUT2D eigenvalue weighted by Crippen LogP contribution is -2.14. The van der Waals surface area contributed by atoms with Crippen LogP contribution in [0.25, 0.3) is 0 Å².